The minimum atomic E-state index is -0.874. The van der Waals surface area contributed by atoms with Crippen LogP contribution in [0.15, 0.2) is 34.9 Å². The molecule has 3 amide bonds. The number of amides is 3. The lowest BCUT2D eigenvalue weighted by atomic mass is 10.1. The molecule has 25 heavy (non-hydrogen) atoms. The van der Waals surface area contributed by atoms with E-state index >= 15 is 0 Å². The highest BCUT2D eigenvalue weighted by molar-refractivity contribution is 6.22. The molecule has 2 aromatic rings. The second-order valence-corrected chi connectivity index (χ2v) is 5.27. The van der Waals surface area contributed by atoms with E-state index in [1.807, 2.05) is 0 Å². The fraction of sp³-hybridized carbons (Fsp3) is 0.188. The summed E-state index contributed by atoms with van der Waals surface area (Å²) in [6, 6.07) is 7.77. The smallest absolute Gasteiger partial charge is 0.326 e. The average molecular weight is 343 g/mol. The summed E-state index contributed by atoms with van der Waals surface area (Å²) in [5.41, 5.74) is 0.471. The molecular weight excluding hydrogens is 330 g/mol. The highest BCUT2D eigenvalue weighted by Crippen LogP contribution is 2.22. The lowest BCUT2D eigenvalue weighted by molar-refractivity contribution is -0.147. The third-order valence-corrected chi connectivity index (χ3v) is 3.43. The molecule has 0 saturated heterocycles. The molecular formula is C16H13N3O6. The quantitative estimate of drug-likeness (QED) is 0.629. The number of aryl methyl sites for hydroxylation is 1. The van der Waals surface area contributed by atoms with Crippen LogP contribution < -0.4 is 5.32 Å². The number of ether oxygens (including phenoxy) is 1. The second-order valence-electron chi connectivity index (χ2n) is 5.27. The Kier molecular flexibility index (Phi) is 4.29. The fourth-order valence-electron chi connectivity index (χ4n) is 2.31. The molecule has 2 heterocycles. The van der Waals surface area contributed by atoms with Gasteiger partial charge in [-0.05, 0) is 19.1 Å². The van der Waals surface area contributed by atoms with Crippen LogP contribution in [0.3, 0.4) is 0 Å². The third kappa shape index (κ3) is 3.39. The number of anilines is 1. The van der Waals surface area contributed by atoms with Gasteiger partial charge in [-0.2, -0.15) is 0 Å². The van der Waals surface area contributed by atoms with Gasteiger partial charge < -0.3 is 14.6 Å². The van der Waals surface area contributed by atoms with Crippen LogP contribution in [0.4, 0.5) is 5.82 Å². The van der Waals surface area contributed by atoms with E-state index in [1.54, 1.807) is 19.1 Å². The van der Waals surface area contributed by atoms with Crippen LogP contribution in [0.2, 0.25) is 0 Å². The normalized spacial score (nSPS) is 12.9. The van der Waals surface area contributed by atoms with Crippen molar-refractivity contribution >= 4 is 29.5 Å². The topological polar surface area (TPSA) is 119 Å². The number of carbonyl (C=O) groups excluding carboxylic acids is 4. The number of benzene rings is 1. The molecule has 1 aromatic carbocycles. The molecule has 0 unspecified atom stereocenters. The van der Waals surface area contributed by atoms with Gasteiger partial charge in [0.15, 0.2) is 12.4 Å². The number of hydrogen-bond acceptors (Lipinski definition) is 7. The van der Waals surface area contributed by atoms with Gasteiger partial charge in [0.05, 0.1) is 11.1 Å². The molecule has 0 radical (unpaired) electrons. The second kappa shape index (κ2) is 6.56. The number of hydrogen-bond donors (Lipinski definition) is 1. The Morgan fingerprint density at radius 3 is 2.40 bits per heavy atom. The van der Waals surface area contributed by atoms with E-state index in [4.69, 9.17) is 9.26 Å². The van der Waals surface area contributed by atoms with Gasteiger partial charge in [-0.15, -0.1) is 0 Å². The van der Waals surface area contributed by atoms with Crippen LogP contribution in [0.1, 0.15) is 26.5 Å². The van der Waals surface area contributed by atoms with Crippen molar-refractivity contribution in [2.24, 2.45) is 0 Å². The van der Waals surface area contributed by atoms with Crippen molar-refractivity contribution in [1.29, 1.82) is 0 Å². The monoisotopic (exact) mass is 343 g/mol. The molecule has 1 aliphatic rings. The lowest BCUT2D eigenvalue weighted by Gasteiger charge is -2.12. The summed E-state index contributed by atoms with van der Waals surface area (Å²) in [4.78, 5) is 48.5. The van der Waals surface area contributed by atoms with Gasteiger partial charge >= 0.3 is 5.97 Å². The first kappa shape index (κ1) is 16.4. The number of rotatable bonds is 5. The molecule has 0 saturated carbocycles. The van der Waals surface area contributed by atoms with E-state index in [2.05, 4.69) is 10.5 Å². The summed E-state index contributed by atoms with van der Waals surface area (Å²) >= 11 is 0. The molecule has 9 nitrogen and oxygen atoms in total. The highest BCUT2D eigenvalue weighted by atomic mass is 16.5. The van der Waals surface area contributed by atoms with E-state index in [-0.39, 0.29) is 16.9 Å². The molecule has 9 heteroatoms. The maximum atomic E-state index is 12.1. The number of imide groups is 1. The van der Waals surface area contributed by atoms with E-state index < -0.39 is 36.8 Å². The predicted molar refractivity (Wildman–Crippen MR) is 82.6 cm³/mol. The van der Waals surface area contributed by atoms with Crippen molar-refractivity contribution in [3.8, 4) is 0 Å². The fourth-order valence-corrected chi connectivity index (χ4v) is 2.31. The molecule has 0 aliphatic carbocycles. The summed E-state index contributed by atoms with van der Waals surface area (Å²) in [7, 11) is 0. The molecule has 0 spiro atoms. The Morgan fingerprint density at radius 1 is 1.20 bits per heavy atom. The van der Waals surface area contributed by atoms with Crippen molar-refractivity contribution in [3.63, 3.8) is 0 Å². The van der Waals surface area contributed by atoms with Gasteiger partial charge in [-0.25, -0.2) is 0 Å². The maximum Gasteiger partial charge on any atom is 0.326 e. The first-order valence-electron chi connectivity index (χ1n) is 7.29. The number of esters is 1. The number of carbonyl (C=O) groups is 4. The molecule has 3 rings (SSSR count). The molecule has 0 bridgehead atoms. The summed E-state index contributed by atoms with van der Waals surface area (Å²) in [5, 5.41) is 5.94. The van der Waals surface area contributed by atoms with Gasteiger partial charge in [0.1, 0.15) is 12.3 Å². The van der Waals surface area contributed by atoms with Crippen LogP contribution in [-0.4, -0.2) is 46.9 Å². The minimum Gasteiger partial charge on any atom is -0.454 e. The highest BCUT2D eigenvalue weighted by Gasteiger charge is 2.36. The van der Waals surface area contributed by atoms with E-state index in [9.17, 15) is 19.2 Å². The van der Waals surface area contributed by atoms with Gasteiger partial charge in [0.2, 0.25) is 0 Å². The van der Waals surface area contributed by atoms with Crippen LogP contribution in [0.5, 0.6) is 0 Å². The van der Waals surface area contributed by atoms with Crippen LogP contribution in [0.25, 0.3) is 0 Å². The molecule has 128 valence electrons. The Balaban J connectivity index is 1.52. The van der Waals surface area contributed by atoms with Crippen molar-refractivity contribution in [1.82, 2.24) is 10.1 Å². The van der Waals surface area contributed by atoms with Gasteiger partial charge in [0, 0.05) is 6.07 Å². The first-order chi connectivity index (χ1) is 12.0. The van der Waals surface area contributed by atoms with E-state index in [1.165, 1.54) is 18.2 Å². The first-order valence-corrected chi connectivity index (χ1v) is 7.29. The summed E-state index contributed by atoms with van der Waals surface area (Å²) < 4.78 is 9.56. The third-order valence-electron chi connectivity index (χ3n) is 3.43. The van der Waals surface area contributed by atoms with Crippen LogP contribution in [0, 0.1) is 6.92 Å². The van der Waals surface area contributed by atoms with Gasteiger partial charge in [-0.1, -0.05) is 17.3 Å². The molecule has 1 aromatic heterocycles. The zero-order valence-electron chi connectivity index (χ0n) is 13.1. The molecule has 0 fully saturated rings. The van der Waals surface area contributed by atoms with Crippen LogP contribution in [-0.2, 0) is 14.3 Å². The number of nitrogens with zero attached hydrogens (tertiary/aromatic N) is 2. The summed E-state index contributed by atoms with van der Waals surface area (Å²) in [6.45, 7) is 0.515. The Hall–Kier alpha value is -3.49. The Bertz CT molecular complexity index is 837. The van der Waals surface area contributed by atoms with E-state index in [0.717, 1.165) is 4.90 Å². The standard InChI is InChI=1S/C16H13N3O6/c1-9-6-12(18-25-9)17-13(20)8-24-14(21)7-19-15(22)10-4-2-3-5-11(10)16(19)23/h2-6H,7-8H2,1H3,(H,17,18,20). The minimum absolute atomic E-state index is 0.193. The number of aromatic nitrogens is 1. The molecule has 1 N–H and O–H groups in total. The average Bonchev–Trinajstić information content (AvgIpc) is 3.10. The van der Waals surface area contributed by atoms with Crippen molar-refractivity contribution in [2.45, 2.75) is 6.92 Å². The SMILES string of the molecule is Cc1cc(NC(=O)COC(=O)CN2C(=O)c3ccccc3C2=O)no1. The van der Waals surface area contributed by atoms with Gasteiger partial charge in [-0.3, -0.25) is 24.1 Å². The molecule has 1 aliphatic heterocycles. The Labute approximate surface area is 141 Å². The van der Waals surface area contributed by atoms with Crippen molar-refractivity contribution in [3.05, 3.63) is 47.2 Å². The van der Waals surface area contributed by atoms with Crippen LogP contribution >= 0.6 is 0 Å². The summed E-state index contributed by atoms with van der Waals surface area (Å²) in [6.07, 6.45) is 0. The molecule has 0 atom stereocenters. The summed E-state index contributed by atoms with van der Waals surface area (Å²) in [5.74, 6) is -1.93. The van der Waals surface area contributed by atoms with Gasteiger partial charge in [0.25, 0.3) is 17.7 Å². The lowest BCUT2D eigenvalue weighted by Crippen LogP contribution is -2.36. The number of nitrogens with one attached hydrogen (secondary N) is 1. The number of fused-ring (bicyclic) bond motifs is 1. The van der Waals surface area contributed by atoms with E-state index in [0.29, 0.717) is 5.76 Å². The largest absolute Gasteiger partial charge is 0.454 e. The predicted octanol–water partition coefficient (Wildman–Crippen LogP) is 0.761. The Morgan fingerprint density at radius 2 is 1.84 bits per heavy atom. The van der Waals surface area contributed by atoms with Crippen molar-refractivity contribution < 1.29 is 28.4 Å². The van der Waals surface area contributed by atoms with Crippen molar-refractivity contribution in [2.75, 3.05) is 18.5 Å². The maximum absolute atomic E-state index is 12.1. The zero-order chi connectivity index (χ0) is 18.0. The zero-order valence-corrected chi connectivity index (χ0v) is 13.1.